The molecule has 44 heavy (non-hydrogen) atoms. The number of likely N-dealkylation sites (tertiary alicyclic amines) is 1. The Balaban J connectivity index is 2.10. The lowest BCUT2D eigenvalue weighted by atomic mass is 10.0. The summed E-state index contributed by atoms with van der Waals surface area (Å²) in [7, 11) is -11.4. The molecule has 0 bridgehead atoms. The molecule has 2 amide bonds. The normalized spacial score (nSPS) is 17.2. The molecule has 1 fully saturated rings. The summed E-state index contributed by atoms with van der Waals surface area (Å²) in [6, 6.07) is 5.94. The molecular formula is C26H38F2N2O12P2. The number of carbonyl (C=O) groups excluding carboxylic acids is 2. The molecule has 1 aromatic carbocycles. The Morgan fingerprint density at radius 3 is 2.25 bits per heavy atom. The summed E-state index contributed by atoms with van der Waals surface area (Å²) >= 11 is 0. The van der Waals surface area contributed by atoms with Gasteiger partial charge in [-0.3, -0.25) is 18.7 Å². The highest BCUT2D eigenvalue weighted by Gasteiger charge is 2.58. The number of hydrogen-bond donors (Lipinski definition) is 7. The number of alkyl halides is 2. The van der Waals surface area contributed by atoms with E-state index in [1.165, 1.54) is 29.2 Å². The fraction of sp³-hybridized carbons (Fsp3) is 0.577. The Kier molecular flexibility index (Phi) is 13.7. The summed E-state index contributed by atoms with van der Waals surface area (Å²) in [5.41, 5.74) is -0.475. The van der Waals surface area contributed by atoms with Crippen LogP contribution in [0, 0.1) is 0 Å². The summed E-state index contributed by atoms with van der Waals surface area (Å²) in [6.45, 7) is -0.219. The van der Waals surface area contributed by atoms with Crippen LogP contribution in [0.5, 0.6) is 0 Å². The van der Waals surface area contributed by atoms with Crippen molar-refractivity contribution in [2.45, 2.75) is 80.9 Å². The minimum Gasteiger partial charge on any atom is -0.481 e. The first-order valence-electron chi connectivity index (χ1n) is 13.8. The van der Waals surface area contributed by atoms with Crippen LogP contribution in [0.4, 0.5) is 13.6 Å². The highest BCUT2D eigenvalue weighted by atomic mass is 31.2. The number of hydrogen-bond acceptors (Lipinski definition) is 7. The van der Waals surface area contributed by atoms with E-state index in [4.69, 9.17) is 9.84 Å². The number of nitrogens with one attached hydrogen (secondary N) is 1. The van der Waals surface area contributed by atoms with E-state index >= 15 is 8.78 Å². The van der Waals surface area contributed by atoms with Gasteiger partial charge in [-0.2, -0.15) is 8.78 Å². The van der Waals surface area contributed by atoms with Crippen molar-refractivity contribution in [3.8, 4) is 0 Å². The molecular weight excluding hydrogens is 632 g/mol. The Morgan fingerprint density at radius 1 is 1.05 bits per heavy atom. The number of rotatable bonds is 18. The molecule has 248 valence electrons. The van der Waals surface area contributed by atoms with Gasteiger partial charge in [-0.05, 0) is 31.8 Å². The molecule has 0 saturated carbocycles. The van der Waals surface area contributed by atoms with E-state index in [-0.39, 0.29) is 18.7 Å². The van der Waals surface area contributed by atoms with Crippen LogP contribution in [-0.4, -0.2) is 83.0 Å². The van der Waals surface area contributed by atoms with E-state index in [2.05, 4.69) is 5.32 Å². The molecule has 0 aromatic heterocycles. The van der Waals surface area contributed by atoms with Gasteiger partial charge in [0.2, 0.25) is 5.91 Å². The number of alkyl carbamates (subject to hydrolysis) is 1. The minimum absolute atomic E-state index is 0.0433. The third-order valence-corrected chi connectivity index (χ3v) is 10.9. The van der Waals surface area contributed by atoms with Crippen molar-refractivity contribution in [3.63, 3.8) is 0 Å². The number of aliphatic hydroxyl groups is 1. The molecule has 1 heterocycles. The fourth-order valence-electron chi connectivity index (χ4n) is 4.58. The van der Waals surface area contributed by atoms with Crippen LogP contribution in [0.2, 0.25) is 0 Å². The van der Waals surface area contributed by atoms with Gasteiger partial charge in [0, 0.05) is 37.9 Å². The summed E-state index contributed by atoms with van der Waals surface area (Å²) < 4.78 is 59.0. The van der Waals surface area contributed by atoms with Gasteiger partial charge in [0.1, 0.15) is 0 Å². The van der Waals surface area contributed by atoms with Gasteiger partial charge >= 0.3 is 33.2 Å². The maximum atomic E-state index is 15.5. The zero-order chi connectivity index (χ0) is 33.2. The summed E-state index contributed by atoms with van der Waals surface area (Å²) in [6.07, 6.45) is 0.0508. The SMILES string of the molecule is O=C(O)CCCCCCN1C(=O)CC[C@@H]1C=C[C@@H](OC(=O)NCCCC(O)(P(=O)(O)O)P(=O)(O)O)C(F)(F)c1ccccc1. The molecule has 7 N–H and O–H groups in total. The number of amides is 2. The smallest absolute Gasteiger partial charge is 0.407 e. The predicted molar refractivity (Wildman–Crippen MR) is 151 cm³/mol. The zero-order valence-corrected chi connectivity index (χ0v) is 25.5. The monoisotopic (exact) mass is 670 g/mol. The van der Waals surface area contributed by atoms with Crippen LogP contribution in [0.15, 0.2) is 42.5 Å². The number of halogens is 2. The first-order chi connectivity index (χ1) is 20.4. The summed E-state index contributed by atoms with van der Waals surface area (Å²) in [5, 5.41) is 17.0. The molecule has 14 nitrogen and oxygen atoms in total. The van der Waals surface area contributed by atoms with Crippen molar-refractivity contribution in [2.24, 2.45) is 0 Å². The Morgan fingerprint density at radius 2 is 1.66 bits per heavy atom. The van der Waals surface area contributed by atoms with Gasteiger partial charge in [-0.1, -0.05) is 49.2 Å². The largest absolute Gasteiger partial charge is 0.481 e. The minimum atomic E-state index is -5.71. The van der Waals surface area contributed by atoms with Crippen molar-refractivity contribution in [1.29, 1.82) is 0 Å². The van der Waals surface area contributed by atoms with Gasteiger partial charge in [-0.25, -0.2) is 4.79 Å². The second-order valence-electron chi connectivity index (χ2n) is 10.3. The standard InChI is InChI=1S/C26H38F2N2O12P2/c27-26(28,19-9-4-3-5-10-19)21(42-24(34)29-17-8-16-25(35,43(36,37)38)44(39,40)41)14-12-20-13-15-22(31)30(20)18-7-2-1-6-11-23(32)33/h3-5,9-10,12,14,20-21,35H,1-2,6-8,11,13,15-18H2,(H,29,34)(H,32,33)(H2,36,37,38)(H2,39,40,41)/t20-,21+/m0/s1. The lowest BCUT2D eigenvalue weighted by molar-refractivity contribution is -0.137. The van der Waals surface area contributed by atoms with Crippen LogP contribution >= 0.6 is 15.2 Å². The van der Waals surface area contributed by atoms with Gasteiger partial charge in [-0.15, -0.1) is 0 Å². The molecule has 18 heteroatoms. The molecule has 0 unspecified atom stereocenters. The van der Waals surface area contributed by atoms with E-state index in [0.29, 0.717) is 38.6 Å². The van der Waals surface area contributed by atoms with Crippen LogP contribution in [-0.2, 0) is 29.4 Å². The number of carboxylic acids is 1. The third kappa shape index (κ3) is 10.4. The molecule has 1 aliphatic heterocycles. The quantitative estimate of drug-likeness (QED) is 0.0678. The van der Waals surface area contributed by atoms with E-state index < -0.39 is 75.4 Å². The van der Waals surface area contributed by atoms with Crippen molar-refractivity contribution < 1.29 is 66.8 Å². The molecule has 0 radical (unpaired) electrons. The molecule has 0 aliphatic carbocycles. The third-order valence-electron chi connectivity index (χ3n) is 7.06. The molecule has 1 saturated heterocycles. The number of benzene rings is 1. The van der Waals surface area contributed by atoms with Gasteiger partial charge in [0.25, 0.3) is 5.08 Å². The van der Waals surface area contributed by atoms with E-state index in [9.17, 15) is 48.2 Å². The van der Waals surface area contributed by atoms with E-state index in [1.54, 1.807) is 0 Å². The molecule has 0 spiro atoms. The first kappa shape index (κ1) is 37.5. The van der Waals surface area contributed by atoms with Gasteiger partial charge in [0.15, 0.2) is 6.10 Å². The van der Waals surface area contributed by atoms with Crippen LogP contribution in [0.1, 0.15) is 63.4 Å². The number of aliphatic carboxylic acids is 1. The number of nitrogens with zero attached hydrogens (tertiary/aromatic N) is 1. The average Bonchev–Trinajstić information content (AvgIpc) is 3.28. The Labute approximate surface area is 252 Å². The predicted octanol–water partition coefficient (Wildman–Crippen LogP) is 3.24. The maximum Gasteiger partial charge on any atom is 0.407 e. The van der Waals surface area contributed by atoms with Crippen LogP contribution < -0.4 is 5.32 Å². The van der Waals surface area contributed by atoms with Crippen LogP contribution in [0.3, 0.4) is 0 Å². The van der Waals surface area contributed by atoms with Gasteiger partial charge in [0.05, 0.1) is 6.04 Å². The lowest BCUT2D eigenvalue weighted by Crippen LogP contribution is -2.39. The Bertz CT molecular complexity index is 1230. The number of unbranched alkanes of at least 4 members (excludes halogenated alkanes) is 3. The number of ether oxygens (including phenoxy) is 1. The number of carbonyl (C=O) groups is 3. The second kappa shape index (κ2) is 16.0. The molecule has 1 aromatic rings. The van der Waals surface area contributed by atoms with Gasteiger partial charge < -0.3 is 44.7 Å². The van der Waals surface area contributed by atoms with Crippen molar-refractivity contribution in [2.75, 3.05) is 13.1 Å². The average molecular weight is 671 g/mol. The Hall–Kier alpha value is -2.71. The molecule has 2 atom stereocenters. The summed E-state index contributed by atoms with van der Waals surface area (Å²) in [4.78, 5) is 73.9. The molecule has 2 rings (SSSR count). The highest BCUT2D eigenvalue weighted by Crippen LogP contribution is 2.69. The van der Waals surface area contributed by atoms with E-state index in [0.717, 1.165) is 18.2 Å². The lowest BCUT2D eigenvalue weighted by Gasteiger charge is -2.29. The highest BCUT2D eigenvalue weighted by molar-refractivity contribution is 7.72. The van der Waals surface area contributed by atoms with Crippen molar-refractivity contribution >= 4 is 33.2 Å². The first-order valence-corrected chi connectivity index (χ1v) is 17.0. The fourth-order valence-corrected chi connectivity index (χ4v) is 6.84. The topological polar surface area (TPSA) is 231 Å². The zero-order valence-electron chi connectivity index (χ0n) is 23.7. The molecule has 1 aliphatic rings. The van der Waals surface area contributed by atoms with Crippen LogP contribution in [0.25, 0.3) is 0 Å². The number of carboxylic acid groups (broad SMARTS) is 1. The van der Waals surface area contributed by atoms with Crippen molar-refractivity contribution in [3.05, 3.63) is 48.0 Å². The maximum absolute atomic E-state index is 15.5. The summed E-state index contributed by atoms with van der Waals surface area (Å²) in [5.74, 6) is -4.82. The van der Waals surface area contributed by atoms with Crippen molar-refractivity contribution in [1.82, 2.24) is 10.2 Å². The second-order valence-corrected chi connectivity index (χ2v) is 14.4. The van der Waals surface area contributed by atoms with E-state index in [1.807, 2.05) is 0 Å².